The highest BCUT2D eigenvalue weighted by Gasteiger charge is 2.49. The van der Waals surface area contributed by atoms with Crippen LogP contribution in [0.3, 0.4) is 0 Å². The molecule has 4 rings (SSSR count). The van der Waals surface area contributed by atoms with Crippen molar-refractivity contribution in [1.29, 1.82) is 0 Å². The lowest BCUT2D eigenvalue weighted by atomic mass is 9.88. The molecular formula is C20H20N2O3. The van der Waals surface area contributed by atoms with E-state index in [2.05, 4.69) is 5.32 Å². The third-order valence-electron chi connectivity index (χ3n) is 4.86. The van der Waals surface area contributed by atoms with Crippen LogP contribution in [-0.4, -0.2) is 35.3 Å². The van der Waals surface area contributed by atoms with E-state index >= 15 is 0 Å². The fourth-order valence-corrected chi connectivity index (χ4v) is 3.46. The van der Waals surface area contributed by atoms with Crippen LogP contribution in [0.1, 0.15) is 28.8 Å². The maximum Gasteiger partial charge on any atom is 0.254 e. The summed E-state index contributed by atoms with van der Waals surface area (Å²) in [5, 5.41) is 2.99. The average molecular weight is 336 g/mol. The Hall–Kier alpha value is -2.82. The minimum Gasteiger partial charge on any atom is -0.489 e. The fraction of sp³-hybridized carbons (Fsp3) is 0.300. The first-order chi connectivity index (χ1) is 12.1. The molecule has 2 heterocycles. The van der Waals surface area contributed by atoms with Gasteiger partial charge in [-0.15, -0.1) is 0 Å². The van der Waals surface area contributed by atoms with Gasteiger partial charge in [0.15, 0.2) is 0 Å². The Kier molecular flexibility index (Phi) is 3.92. The van der Waals surface area contributed by atoms with Gasteiger partial charge < -0.3 is 15.0 Å². The summed E-state index contributed by atoms with van der Waals surface area (Å²) in [5.41, 5.74) is 1.57. The van der Waals surface area contributed by atoms with Crippen LogP contribution in [-0.2, 0) is 11.4 Å². The zero-order chi connectivity index (χ0) is 17.3. The SMILES string of the molecule is O=C1CCC2(CN(C(=O)c3ccc(OCc4ccccc4)cc3)C2)N1. The van der Waals surface area contributed by atoms with Crippen molar-refractivity contribution >= 4 is 11.8 Å². The summed E-state index contributed by atoms with van der Waals surface area (Å²) in [6.07, 6.45) is 1.39. The van der Waals surface area contributed by atoms with Crippen LogP contribution in [0.4, 0.5) is 0 Å². The Morgan fingerprint density at radius 1 is 1.08 bits per heavy atom. The maximum absolute atomic E-state index is 12.5. The summed E-state index contributed by atoms with van der Waals surface area (Å²) in [4.78, 5) is 25.7. The third kappa shape index (κ3) is 3.22. The minimum absolute atomic E-state index is 0.00128. The zero-order valence-corrected chi connectivity index (χ0v) is 13.9. The number of ether oxygens (including phenoxy) is 1. The summed E-state index contributed by atoms with van der Waals surface area (Å²) in [6, 6.07) is 17.2. The van der Waals surface area contributed by atoms with Crippen molar-refractivity contribution in [1.82, 2.24) is 10.2 Å². The summed E-state index contributed by atoms with van der Waals surface area (Å²) in [6.45, 7) is 1.70. The molecule has 0 aliphatic carbocycles. The molecule has 2 aromatic carbocycles. The molecule has 2 aromatic rings. The number of carbonyl (C=O) groups is 2. The lowest BCUT2D eigenvalue weighted by molar-refractivity contribution is -0.120. The molecule has 5 nitrogen and oxygen atoms in total. The highest BCUT2D eigenvalue weighted by Crippen LogP contribution is 2.31. The van der Waals surface area contributed by atoms with Gasteiger partial charge in [0.05, 0.1) is 5.54 Å². The van der Waals surface area contributed by atoms with Crippen LogP contribution >= 0.6 is 0 Å². The van der Waals surface area contributed by atoms with E-state index in [1.165, 1.54) is 0 Å². The largest absolute Gasteiger partial charge is 0.489 e. The first-order valence-corrected chi connectivity index (χ1v) is 8.51. The number of amides is 2. The van der Waals surface area contributed by atoms with E-state index in [9.17, 15) is 9.59 Å². The predicted octanol–water partition coefficient (Wildman–Crippen LogP) is 2.37. The Morgan fingerprint density at radius 2 is 1.80 bits per heavy atom. The Morgan fingerprint density at radius 3 is 2.44 bits per heavy atom. The number of nitrogens with one attached hydrogen (secondary N) is 1. The minimum atomic E-state index is -0.175. The van der Waals surface area contributed by atoms with E-state index in [1.54, 1.807) is 17.0 Å². The van der Waals surface area contributed by atoms with Gasteiger partial charge in [-0.3, -0.25) is 9.59 Å². The molecule has 2 amide bonds. The number of nitrogens with zero attached hydrogens (tertiary/aromatic N) is 1. The number of hydrogen-bond acceptors (Lipinski definition) is 3. The van der Waals surface area contributed by atoms with Crippen LogP contribution in [0, 0.1) is 0 Å². The van der Waals surface area contributed by atoms with Gasteiger partial charge in [0.25, 0.3) is 5.91 Å². The molecular weight excluding hydrogens is 316 g/mol. The van der Waals surface area contributed by atoms with Gasteiger partial charge in [-0.05, 0) is 36.2 Å². The topological polar surface area (TPSA) is 58.6 Å². The molecule has 25 heavy (non-hydrogen) atoms. The summed E-state index contributed by atoms with van der Waals surface area (Å²) in [7, 11) is 0. The van der Waals surface area contributed by atoms with Gasteiger partial charge in [-0.1, -0.05) is 30.3 Å². The summed E-state index contributed by atoms with van der Waals surface area (Å²) < 4.78 is 5.74. The van der Waals surface area contributed by atoms with Crippen molar-refractivity contribution in [2.24, 2.45) is 0 Å². The number of hydrogen-bond donors (Lipinski definition) is 1. The van der Waals surface area contributed by atoms with E-state index in [0.717, 1.165) is 17.7 Å². The zero-order valence-electron chi connectivity index (χ0n) is 13.9. The van der Waals surface area contributed by atoms with Gasteiger partial charge >= 0.3 is 0 Å². The molecule has 0 unspecified atom stereocenters. The van der Waals surface area contributed by atoms with Crippen molar-refractivity contribution in [3.8, 4) is 5.75 Å². The Balaban J connectivity index is 1.33. The number of rotatable bonds is 4. The Bertz CT molecular complexity index is 780. The van der Waals surface area contributed by atoms with Gasteiger partial charge in [0.2, 0.25) is 5.91 Å². The molecule has 0 saturated carbocycles. The molecule has 0 radical (unpaired) electrons. The van der Waals surface area contributed by atoms with Crippen molar-refractivity contribution in [2.75, 3.05) is 13.1 Å². The normalized spacial score (nSPS) is 17.9. The number of carbonyl (C=O) groups excluding carboxylic acids is 2. The van der Waals surface area contributed by atoms with Crippen molar-refractivity contribution in [3.05, 3.63) is 65.7 Å². The molecule has 2 aliphatic rings. The van der Waals surface area contributed by atoms with Crippen molar-refractivity contribution in [2.45, 2.75) is 25.0 Å². The third-order valence-corrected chi connectivity index (χ3v) is 4.86. The van der Waals surface area contributed by atoms with Crippen LogP contribution in [0.25, 0.3) is 0 Å². The van der Waals surface area contributed by atoms with E-state index < -0.39 is 0 Å². The smallest absolute Gasteiger partial charge is 0.254 e. The maximum atomic E-state index is 12.5. The Labute approximate surface area is 146 Å². The molecule has 128 valence electrons. The fourth-order valence-electron chi connectivity index (χ4n) is 3.46. The number of benzene rings is 2. The molecule has 0 aromatic heterocycles. The van der Waals surface area contributed by atoms with Gasteiger partial charge in [-0.2, -0.15) is 0 Å². The first-order valence-electron chi connectivity index (χ1n) is 8.51. The lowest BCUT2D eigenvalue weighted by Crippen LogP contribution is -2.68. The molecule has 1 N–H and O–H groups in total. The summed E-state index contributed by atoms with van der Waals surface area (Å²) in [5.74, 6) is 0.830. The molecule has 2 fully saturated rings. The van der Waals surface area contributed by atoms with E-state index in [-0.39, 0.29) is 17.4 Å². The van der Waals surface area contributed by atoms with Gasteiger partial charge in [0.1, 0.15) is 12.4 Å². The van der Waals surface area contributed by atoms with E-state index in [1.807, 2.05) is 42.5 Å². The molecule has 1 spiro atoms. The molecule has 0 atom stereocenters. The van der Waals surface area contributed by atoms with Crippen molar-refractivity contribution < 1.29 is 14.3 Å². The second kappa shape index (κ2) is 6.24. The first kappa shape index (κ1) is 15.7. The van der Waals surface area contributed by atoms with E-state index in [0.29, 0.717) is 31.7 Å². The second-order valence-electron chi connectivity index (χ2n) is 6.79. The average Bonchev–Trinajstić information content (AvgIpc) is 3.02. The van der Waals surface area contributed by atoms with Crippen LogP contribution < -0.4 is 10.1 Å². The molecule has 0 bridgehead atoms. The molecule has 5 heteroatoms. The highest BCUT2D eigenvalue weighted by molar-refractivity contribution is 5.95. The van der Waals surface area contributed by atoms with Crippen LogP contribution in [0.15, 0.2) is 54.6 Å². The molecule has 2 aliphatic heterocycles. The predicted molar refractivity (Wildman–Crippen MR) is 93.2 cm³/mol. The monoisotopic (exact) mass is 336 g/mol. The van der Waals surface area contributed by atoms with Crippen LogP contribution in [0.2, 0.25) is 0 Å². The van der Waals surface area contributed by atoms with Gasteiger partial charge in [0, 0.05) is 25.1 Å². The van der Waals surface area contributed by atoms with Crippen LogP contribution in [0.5, 0.6) is 5.75 Å². The molecule has 2 saturated heterocycles. The highest BCUT2D eigenvalue weighted by atomic mass is 16.5. The van der Waals surface area contributed by atoms with E-state index in [4.69, 9.17) is 4.74 Å². The van der Waals surface area contributed by atoms with Crippen molar-refractivity contribution in [3.63, 3.8) is 0 Å². The standard InChI is InChI=1S/C20H20N2O3/c23-18-10-11-20(21-18)13-22(14-20)19(24)16-6-8-17(9-7-16)25-12-15-4-2-1-3-5-15/h1-9H,10-14H2,(H,21,23). The lowest BCUT2D eigenvalue weighted by Gasteiger charge is -2.47. The number of likely N-dealkylation sites (tertiary alicyclic amines) is 1. The summed E-state index contributed by atoms with van der Waals surface area (Å²) >= 11 is 0. The second-order valence-corrected chi connectivity index (χ2v) is 6.79. The quantitative estimate of drug-likeness (QED) is 0.932. The van der Waals surface area contributed by atoms with Gasteiger partial charge in [-0.25, -0.2) is 0 Å².